The number of hydrogen-bond acceptors (Lipinski definition) is 6. The minimum atomic E-state index is -1.11. The lowest BCUT2D eigenvalue weighted by molar-refractivity contribution is -0.129. The number of aromatic nitrogens is 4. The van der Waals surface area contributed by atoms with E-state index in [4.69, 9.17) is 21.3 Å². The molecule has 2 N–H and O–H groups in total. The van der Waals surface area contributed by atoms with Crippen molar-refractivity contribution in [3.8, 4) is 17.1 Å². The van der Waals surface area contributed by atoms with E-state index in [0.717, 1.165) is 39.2 Å². The van der Waals surface area contributed by atoms with Gasteiger partial charge < -0.3 is 15.2 Å². The van der Waals surface area contributed by atoms with Crippen LogP contribution in [0.25, 0.3) is 22.3 Å². The molecule has 2 heterocycles. The number of nitrogens with zero attached hydrogens (tertiary/aromatic N) is 4. The Balaban J connectivity index is 1.71. The normalized spacial score (nSPS) is 13.0. The molecule has 0 fully saturated rings. The van der Waals surface area contributed by atoms with Crippen molar-refractivity contribution in [1.82, 2.24) is 25.1 Å². The molecule has 0 aliphatic heterocycles. The van der Waals surface area contributed by atoms with Gasteiger partial charge in [0.1, 0.15) is 30.3 Å². The largest absolute Gasteiger partial charge is 0.487 e. The molecule has 0 aliphatic rings. The number of benzene rings is 2. The van der Waals surface area contributed by atoms with Crippen molar-refractivity contribution in [2.75, 3.05) is 0 Å². The predicted octanol–water partition coefficient (Wildman–Crippen LogP) is 4.44. The first-order valence-corrected chi connectivity index (χ1v) is 11.7. The van der Waals surface area contributed by atoms with Gasteiger partial charge in [0.2, 0.25) is 5.91 Å². The molecule has 0 unspecified atom stereocenters. The van der Waals surface area contributed by atoms with E-state index < -0.39 is 12.0 Å². The summed E-state index contributed by atoms with van der Waals surface area (Å²) >= 11 is 6.62. The van der Waals surface area contributed by atoms with Crippen LogP contribution in [0, 0.1) is 13.8 Å². The quantitative estimate of drug-likeness (QED) is 0.394. The summed E-state index contributed by atoms with van der Waals surface area (Å²) in [6.07, 6.45) is 0.418. The van der Waals surface area contributed by atoms with Crippen LogP contribution in [0.5, 0.6) is 5.75 Å². The molecule has 4 rings (SSSR count). The topological polar surface area (TPSA) is 102 Å². The number of aliphatic hydroxyl groups excluding tert-OH is 1. The fourth-order valence-corrected chi connectivity index (χ4v) is 4.43. The molecule has 2 aromatic heterocycles. The highest BCUT2D eigenvalue weighted by Gasteiger charge is 2.20. The Kier molecular flexibility index (Phi) is 7.05. The van der Waals surface area contributed by atoms with Gasteiger partial charge in [-0.3, -0.25) is 4.79 Å². The maximum absolute atomic E-state index is 12.1. The van der Waals surface area contributed by atoms with Gasteiger partial charge in [-0.1, -0.05) is 29.8 Å². The van der Waals surface area contributed by atoms with E-state index in [2.05, 4.69) is 15.4 Å². The van der Waals surface area contributed by atoms with E-state index in [1.165, 1.54) is 13.3 Å². The molecule has 2 atom stereocenters. The number of amides is 1. The van der Waals surface area contributed by atoms with E-state index in [9.17, 15) is 9.90 Å². The van der Waals surface area contributed by atoms with Gasteiger partial charge in [-0.25, -0.2) is 14.6 Å². The van der Waals surface area contributed by atoms with E-state index in [-0.39, 0.29) is 12.6 Å². The van der Waals surface area contributed by atoms with Crippen molar-refractivity contribution >= 4 is 28.4 Å². The summed E-state index contributed by atoms with van der Waals surface area (Å²) in [4.78, 5) is 21.2. The molecular formula is C26H28ClN5O3. The lowest BCUT2D eigenvalue weighted by Gasteiger charge is -2.21. The first-order chi connectivity index (χ1) is 16.7. The summed E-state index contributed by atoms with van der Waals surface area (Å²) in [6.45, 7) is 7.33. The summed E-state index contributed by atoms with van der Waals surface area (Å²) in [5, 5.41) is 18.1. The molecule has 0 saturated heterocycles. The molecule has 4 aromatic rings. The van der Waals surface area contributed by atoms with E-state index in [1.54, 1.807) is 4.68 Å². The average Bonchev–Trinajstić information content (AvgIpc) is 3.23. The number of ether oxygens (including phenoxy) is 1. The molecule has 0 saturated carbocycles. The SMILES string of the molecule is Cc1cc(Cl)c(COc2cccc3c(-c4ncnn4C)cc(C)nc23)c([C@H](C)NC(=O)[C@@H](C)O)c1. The Morgan fingerprint density at radius 2 is 2.00 bits per heavy atom. The van der Waals surface area contributed by atoms with Gasteiger partial charge in [0, 0.05) is 34.3 Å². The van der Waals surface area contributed by atoms with Crippen molar-refractivity contribution in [3.63, 3.8) is 0 Å². The van der Waals surface area contributed by atoms with Crippen molar-refractivity contribution in [3.05, 3.63) is 70.1 Å². The summed E-state index contributed by atoms with van der Waals surface area (Å²) in [6, 6.07) is 11.2. The van der Waals surface area contributed by atoms with Crippen LogP contribution >= 0.6 is 11.6 Å². The molecule has 35 heavy (non-hydrogen) atoms. The first-order valence-electron chi connectivity index (χ1n) is 11.3. The maximum Gasteiger partial charge on any atom is 0.249 e. The highest BCUT2D eigenvalue weighted by atomic mass is 35.5. The van der Waals surface area contributed by atoms with E-state index in [1.807, 2.05) is 64.2 Å². The minimum Gasteiger partial charge on any atom is -0.487 e. The minimum absolute atomic E-state index is 0.178. The van der Waals surface area contributed by atoms with Gasteiger partial charge in [0.15, 0.2) is 5.82 Å². The molecule has 1 amide bonds. The van der Waals surface area contributed by atoms with Gasteiger partial charge >= 0.3 is 0 Å². The van der Waals surface area contributed by atoms with E-state index >= 15 is 0 Å². The van der Waals surface area contributed by atoms with Crippen LogP contribution in [0.1, 0.15) is 42.3 Å². The Morgan fingerprint density at radius 1 is 1.23 bits per heavy atom. The number of halogens is 1. The molecule has 0 aliphatic carbocycles. The number of carbonyl (C=O) groups is 1. The van der Waals surface area contributed by atoms with Gasteiger partial charge in [-0.15, -0.1) is 0 Å². The van der Waals surface area contributed by atoms with Crippen molar-refractivity contribution in [1.29, 1.82) is 0 Å². The van der Waals surface area contributed by atoms with Crippen LogP contribution in [-0.2, 0) is 18.4 Å². The molecule has 0 spiro atoms. The summed E-state index contributed by atoms with van der Waals surface area (Å²) in [7, 11) is 1.85. The molecule has 182 valence electrons. The number of para-hydroxylation sites is 1. The monoisotopic (exact) mass is 493 g/mol. The Labute approximate surface area is 208 Å². The number of fused-ring (bicyclic) bond motifs is 1. The second kappa shape index (κ2) is 10.0. The number of hydrogen-bond donors (Lipinski definition) is 2. The third kappa shape index (κ3) is 5.13. The van der Waals surface area contributed by atoms with Gasteiger partial charge in [-0.2, -0.15) is 5.10 Å². The summed E-state index contributed by atoms with van der Waals surface area (Å²) in [5.41, 5.74) is 5.01. The molecular weight excluding hydrogens is 466 g/mol. The smallest absolute Gasteiger partial charge is 0.249 e. The molecule has 8 nitrogen and oxygen atoms in total. The Morgan fingerprint density at radius 3 is 2.69 bits per heavy atom. The number of nitrogens with one attached hydrogen (secondary N) is 1. The number of rotatable bonds is 7. The van der Waals surface area contributed by atoms with Crippen LogP contribution in [0.15, 0.2) is 42.7 Å². The zero-order chi connectivity index (χ0) is 25.3. The van der Waals surface area contributed by atoms with E-state index in [0.29, 0.717) is 16.3 Å². The van der Waals surface area contributed by atoms with Gasteiger partial charge in [-0.05, 0) is 57.0 Å². The third-order valence-electron chi connectivity index (χ3n) is 5.83. The fraction of sp³-hybridized carbons (Fsp3) is 0.308. The second-order valence-electron chi connectivity index (χ2n) is 8.68. The van der Waals surface area contributed by atoms with Crippen LogP contribution in [-0.4, -0.2) is 36.9 Å². The number of carbonyl (C=O) groups excluding carboxylic acids is 1. The standard InChI is InChI=1S/C26H28ClN5O3/c1-14-9-19(16(3)31-26(34)17(4)33)21(22(27)10-14)12-35-23-8-6-7-18-20(11-15(2)30-24(18)23)25-28-13-29-32(25)5/h6-11,13,16-17,33H,12H2,1-5H3,(H,31,34)/t16-,17+/m0/s1. The number of aryl methyl sites for hydroxylation is 3. The lowest BCUT2D eigenvalue weighted by atomic mass is 9.99. The van der Waals surface area contributed by atoms with Crippen molar-refractivity contribution < 1.29 is 14.6 Å². The molecule has 0 radical (unpaired) electrons. The summed E-state index contributed by atoms with van der Waals surface area (Å²) in [5.74, 6) is 0.897. The van der Waals surface area contributed by atoms with Crippen LogP contribution in [0.2, 0.25) is 5.02 Å². The fourth-order valence-electron chi connectivity index (χ4n) is 4.09. The maximum atomic E-state index is 12.1. The average molecular weight is 494 g/mol. The lowest BCUT2D eigenvalue weighted by Crippen LogP contribution is -2.34. The van der Waals surface area contributed by atoms with Gasteiger partial charge in [0.25, 0.3) is 0 Å². The van der Waals surface area contributed by atoms with Gasteiger partial charge in [0.05, 0.1) is 6.04 Å². The van der Waals surface area contributed by atoms with Crippen molar-refractivity contribution in [2.45, 2.75) is 46.4 Å². The van der Waals surface area contributed by atoms with Crippen LogP contribution in [0.3, 0.4) is 0 Å². The zero-order valence-electron chi connectivity index (χ0n) is 20.3. The highest BCUT2D eigenvalue weighted by molar-refractivity contribution is 6.31. The molecule has 0 bridgehead atoms. The molecule has 2 aromatic carbocycles. The Bertz CT molecular complexity index is 1400. The third-order valence-corrected chi connectivity index (χ3v) is 6.17. The second-order valence-corrected chi connectivity index (χ2v) is 9.09. The number of pyridine rings is 1. The first kappa shape index (κ1) is 24.6. The zero-order valence-corrected chi connectivity index (χ0v) is 21.1. The van der Waals surface area contributed by atoms with Crippen LogP contribution in [0.4, 0.5) is 0 Å². The van der Waals surface area contributed by atoms with Crippen LogP contribution < -0.4 is 10.1 Å². The highest BCUT2D eigenvalue weighted by Crippen LogP contribution is 2.34. The Hall–Kier alpha value is -3.49. The predicted molar refractivity (Wildman–Crippen MR) is 135 cm³/mol. The molecule has 9 heteroatoms. The van der Waals surface area contributed by atoms with Crippen molar-refractivity contribution in [2.24, 2.45) is 7.05 Å². The summed E-state index contributed by atoms with van der Waals surface area (Å²) < 4.78 is 8.00. The number of aliphatic hydroxyl groups is 1.